The molecule has 47 heavy (non-hydrogen) atoms. The fourth-order valence-corrected chi connectivity index (χ4v) is 7.92. The number of allylic oxidation sites excluding steroid dienone is 4. The number of thiocarbonyl (C=S) groups is 2. The first kappa shape index (κ1) is 34.5. The fourth-order valence-electron chi connectivity index (χ4n) is 5.26. The standard InChI is InChI=1S/C35H34N4O4S4/c1-24(19-26-9-5-3-6-10-26)21-28-32(42)38(34(44)46-28)14-13-30(40)36-15-17-37(18-16-36)31(41)23-39-33(43)29(47-35(39)45)22-25(2)20-27-11-7-4-8-12-27/h3-12,19-22H,13-18,23H2,1-2H3. The highest BCUT2D eigenvalue weighted by Crippen LogP contribution is 2.33. The Kier molecular flexibility index (Phi) is 11.6. The summed E-state index contributed by atoms with van der Waals surface area (Å²) in [5.41, 5.74) is 3.90. The van der Waals surface area contributed by atoms with Gasteiger partial charge in [0, 0.05) is 39.1 Å². The van der Waals surface area contributed by atoms with Gasteiger partial charge in [0.1, 0.15) is 15.2 Å². The van der Waals surface area contributed by atoms with Crippen LogP contribution in [0.25, 0.3) is 12.2 Å². The predicted molar refractivity (Wildman–Crippen MR) is 198 cm³/mol. The minimum atomic E-state index is -0.282. The molecule has 8 nitrogen and oxygen atoms in total. The Morgan fingerprint density at radius 2 is 1.11 bits per heavy atom. The van der Waals surface area contributed by atoms with Gasteiger partial charge < -0.3 is 9.80 Å². The van der Waals surface area contributed by atoms with Crippen molar-refractivity contribution in [3.8, 4) is 0 Å². The van der Waals surface area contributed by atoms with Crippen LogP contribution in [0, 0.1) is 0 Å². The van der Waals surface area contributed by atoms with Gasteiger partial charge in [0.2, 0.25) is 11.8 Å². The zero-order valence-electron chi connectivity index (χ0n) is 26.1. The number of thioether (sulfide) groups is 2. The first-order valence-corrected chi connectivity index (χ1v) is 17.6. The lowest BCUT2D eigenvalue weighted by atomic mass is 10.1. The SMILES string of the molecule is CC(=Cc1ccccc1)C=C1SC(=S)N(CCC(=O)N2CCN(C(=O)CN3C(=O)C(=CC(C)=Cc4ccccc4)SC3=S)CC2)C1=O. The van der Waals surface area contributed by atoms with E-state index in [9.17, 15) is 19.2 Å². The van der Waals surface area contributed by atoms with Crippen molar-refractivity contribution >= 4 is 92.4 Å². The maximum Gasteiger partial charge on any atom is 0.266 e. The Balaban J connectivity index is 1.08. The maximum absolute atomic E-state index is 13.1. The summed E-state index contributed by atoms with van der Waals surface area (Å²) in [6, 6.07) is 19.7. The molecule has 0 aliphatic carbocycles. The highest BCUT2D eigenvalue weighted by atomic mass is 32.2. The molecule has 3 aliphatic rings. The van der Waals surface area contributed by atoms with Crippen molar-refractivity contribution in [2.75, 3.05) is 39.3 Å². The molecule has 0 bridgehead atoms. The Morgan fingerprint density at radius 3 is 1.60 bits per heavy atom. The molecule has 0 unspecified atom stereocenters. The molecule has 2 aromatic carbocycles. The van der Waals surface area contributed by atoms with Crippen molar-refractivity contribution in [1.29, 1.82) is 0 Å². The molecule has 2 aromatic rings. The van der Waals surface area contributed by atoms with Crippen LogP contribution in [0.5, 0.6) is 0 Å². The zero-order valence-corrected chi connectivity index (χ0v) is 29.4. The molecule has 3 fully saturated rings. The van der Waals surface area contributed by atoms with Gasteiger partial charge in [-0.25, -0.2) is 0 Å². The third-order valence-corrected chi connectivity index (χ3v) is 10.4. The summed E-state index contributed by atoms with van der Waals surface area (Å²) in [5.74, 6) is -0.795. The zero-order chi connectivity index (χ0) is 33.5. The number of carbonyl (C=O) groups is 4. The number of benzene rings is 2. The monoisotopic (exact) mass is 702 g/mol. The fraction of sp³-hybridized carbons (Fsp3) is 0.257. The lowest BCUT2D eigenvalue weighted by Crippen LogP contribution is -2.53. The van der Waals surface area contributed by atoms with E-state index in [1.807, 2.05) is 92.7 Å². The molecule has 0 saturated carbocycles. The second-order valence-corrected chi connectivity index (χ2v) is 14.6. The Hall–Kier alpha value is -3.84. The van der Waals surface area contributed by atoms with E-state index >= 15 is 0 Å². The number of amides is 4. The van der Waals surface area contributed by atoms with Crippen molar-refractivity contribution in [1.82, 2.24) is 19.6 Å². The molecular weight excluding hydrogens is 669 g/mol. The van der Waals surface area contributed by atoms with E-state index < -0.39 is 0 Å². The Morgan fingerprint density at radius 1 is 0.681 bits per heavy atom. The predicted octanol–water partition coefficient (Wildman–Crippen LogP) is 5.74. The third-order valence-electron chi connectivity index (χ3n) is 7.68. The van der Waals surface area contributed by atoms with Crippen molar-refractivity contribution in [2.24, 2.45) is 0 Å². The summed E-state index contributed by atoms with van der Waals surface area (Å²) in [4.78, 5) is 59.5. The van der Waals surface area contributed by atoms with E-state index in [0.717, 1.165) is 22.3 Å². The van der Waals surface area contributed by atoms with E-state index in [2.05, 4.69) is 0 Å². The quantitative estimate of drug-likeness (QED) is 0.242. The van der Waals surface area contributed by atoms with Gasteiger partial charge in [0.05, 0.1) is 9.81 Å². The summed E-state index contributed by atoms with van der Waals surface area (Å²) < 4.78 is 0.786. The molecule has 3 heterocycles. The topological polar surface area (TPSA) is 81.2 Å². The third kappa shape index (κ3) is 8.95. The second kappa shape index (κ2) is 15.8. The van der Waals surface area contributed by atoms with Gasteiger partial charge >= 0.3 is 0 Å². The highest BCUT2D eigenvalue weighted by molar-refractivity contribution is 8.27. The van der Waals surface area contributed by atoms with E-state index in [1.54, 1.807) is 15.9 Å². The van der Waals surface area contributed by atoms with Gasteiger partial charge in [-0.3, -0.25) is 29.0 Å². The van der Waals surface area contributed by atoms with Crippen LogP contribution in [0.4, 0.5) is 0 Å². The lowest BCUT2D eigenvalue weighted by Gasteiger charge is -2.35. The van der Waals surface area contributed by atoms with Crippen LogP contribution in [0.3, 0.4) is 0 Å². The average molecular weight is 703 g/mol. The molecule has 4 amide bonds. The lowest BCUT2D eigenvalue weighted by molar-refractivity contribution is -0.141. The van der Waals surface area contributed by atoms with E-state index in [0.29, 0.717) is 44.6 Å². The van der Waals surface area contributed by atoms with Crippen molar-refractivity contribution in [3.63, 3.8) is 0 Å². The van der Waals surface area contributed by atoms with E-state index in [-0.39, 0.29) is 43.1 Å². The van der Waals surface area contributed by atoms with Crippen LogP contribution < -0.4 is 0 Å². The van der Waals surface area contributed by atoms with Gasteiger partial charge in [-0.15, -0.1) is 0 Å². The second-order valence-electron chi connectivity index (χ2n) is 11.2. The van der Waals surface area contributed by atoms with Crippen LogP contribution in [0.15, 0.2) is 93.8 Å². The maximum atomic E-state index is 13.1. The number of nitrogens with zero attached hydrogens (tertiary/aromatic N) is 4. The van der Waals surface area contributed by atoms with Crippen LogP contribution in [-0.4, -0.2) is 91.1 Å². The smallest absolute Gasteiger partial charge is 0.266 e. The van der Waals surface area contributed by atoms with Gasteiger partial charge in [-0.05, 0) is 48.3 Å². The number of hydrogen-bond acceptors (Lipinski definition) is 8. The van der Waals surface area contributed by atoms with Gasteiger partial charge in [-0.2, -0.15) is 0 Å². The largest absolute Gasteiger partial charge is 0.339 e. The number of rotatable bonds is 9. The van der Waals surface area contributed by atoms with Crippen LogP contribution in [0.1, 0.15) is 31.4 Å². The molecule has 242 valence electrons. The molecular formula is C35H34N4O4S4. The number of piperazine rings is 1. The van der Waals surface area contributed by atoms with Crippen molar-refractivity contribution < 1.29 is 19.2 Å². The molecule has 0 spiro atoms. The van der Waals surface area contributed by atoms with Crippen LogP contribution >= 0.6 is 48.0 Å². The molecule has 3 aliphatic heterocycles. The number of hydrogen-bond donors (Lipinski definition) is 0. The van der Waals surface area contributed by atoms with Crippen molar-refractivity contribution in [3.05, 3.63) is 105 Å². The molecule has 5 rings (SSSR count). The van der Waals surface area contributed by atoms with E-state index in [1.165, 1.54) is 33.3 Å². The molecule has 0 N–H and O–H groups in total. The first-order chi connectivity index (χ1) is 22.6. The summed E-state index contributed by atoms with van der Waals surface area (Å²) in [5, 5.41) is 0. The summed E-state index contributed by atoms with van der Waals surface area (Å²) in [6.07, 6.45) is 7.73. The van der Waals surface area contributed by atoms with Gasteiger partial charge in [-0.1, -0.05) is 121 Å². The minimum Gasteiger partial charge on any atom is -0.339 e. The molecule has 0 atom stereocenters. The van der Waals surface area contributed by atoms with Crippen LogP contribution in [-0.2, 0) is 19.2 Å². The summed E-state index contributed by atoms with van der Waals surface area (Å²) >= 11 is 13.3. The van der Waals surface area contributed by atoms with E-state index in [4.69, 9.17) is 24.4 Å². The first-order valence-electron chi connectivity index (χ1n) is 15.1. The Bertz CT molecular complexity index is 1710. The van der Waals surface area contributed by atoms with Crippen LogP contribution in [0.2, 0.25) is 0 Å². The molecule has 3 saturated heterocycles. The summed E-state index contributed by atoms with van der Waals surface area (Å²) in [6.45, 7) is 5.36. The normalized spacial score (nSPS) is 19.5. The van der Waals surface area contributed by atoms with Gasteiger partial charge in [0.15, 0.2) is 0 Å². The Labute approximate surface area is 294 Å². The molecule has 12 heteroatoms. The highest BCUT2D eigenvalue weighted by Gasteiger charge is 2.36. The van der Waals surface area contributed by atoms with Crippen molar-refractivity contribution in [2.45, 2.75) is 20.3 Å². The molecule has 0 aromatic heterocycles. The van der Waals surface area contributed by atoms with Gasteiger partial charge in [0.25, 0.3) is 11.8 Å². The minimum absolute atomic E-state index is 0.101. The summed E-state index contributed by atoms with van der Waals surface area (Å²) in [7, 11) is 0. The average Bonchev–Trinajstić information content (AvgIpc) is 3.47. The molecule has 0 radical (unpaired) electrons. The number of carbonyl (C=O) groups excluding carboxylic acids is 4.